The van der Waals surface area contributed by atoms with Crippen molar-refractivity contribution < 1.29 is 4.39 Å². The standard InChI is InChI=1S/C22H14FN7/c23-14-3-1-2-12(8-14)20-15-9-19(27-17(15)6-7-24-20)22-21-18(29-30-22)5-4-16(28-21)13-10-25-26-11-13/h1-11,27H,(H,25,26)(H,29,30). The lowest BCUT2D eigenvalue weighted by Crippen LogP contribution is -1.85. The fourth-order valence-electron chi connectivity index (χ4n) is 3.69. The molecule has 7 nitrogen and oxygen atoms in total. The van der Waals surface area contributed by atoms with Crippen LogP contribution in [-0.2, 0) is 0 Å². The van der Waals surface area contributed by atoms with Crippen LogP contribution < -0.4 is 0 Å². The molecule has 0 aliphatic carbocycles. The minimum atomic E-state index is -0.295. The molecule has 1 aromatic carbocycles. The Bertz CT molecular complexity index is 1510. The molecule has 0 saturated heterocycles. The van der Waals surface area contributed by atoms with Crippen molar-refractivity contribution in [3.8, 4) is 33.9 Å². The van der Waals surface area contributed by atoms with Crippen molar-refractivity contribution in [2.75, 3.05) is 0 Å². The highest BCUT2D eigenvalue weighted by Gasteiger charge is 2.16. The molecule has 8 heteroatoms. The Morgan fingerprint density at radius 1 is 0.900 bits per heavy atom. The van der Waals surface area contributed by atoms with Gasteiger partial charge in [-0.1, -0.05) is 12.1 Å². The molecule has 0 aliphatic rings. The van der Waals surface area contributed by atoms with Crippen molar-refractivity contribution >= 4 is 21.9 Å². The number of rotatable bonds is 3. The Kier molecular flexibility index (Phi) is 3.51. The molecule has 5 heterocycles. The lowest BCUT2D eigenvalue weighted by molar-refractivity contribution is 0.628. The smallest absolute Gasteiger partial charge is 0.135 e. The summed E-state index contributed by atoms with van der Waals surface area (Å²) < 4.78 is 13.7. The van der Waals surface area contributed by atoms with E-state index in [-0.39, 0.29) is 5.82 Å². The van der Waals surface area contributed by atoms with E-state index < -0.39 is 0 Å². The van der Waals surface area contributed by atoms with E-state index in [4.69, 9.17) is 4.98 Å². The summed E-state index contributed by atoms with van der Waals surface area (Å²) in [6.07, 6.45) is 5.24. The van der Waals surface area contributed by atoms with E-state index in [1.165, 1.54) is 12.1 Å². The van der Waals surface area contributed by atoms with Gasteiger partial charge in [-0.05, 0) is 36.4 Å². The topological polar surface area (TPSA) is 98.9 Å². The van der Waals surface area contributed by atoms with Crippen molar-refractivity contribution in [1.82, 2.24) is 35.3 Å². The van der Waals surface area contributed by atoms with Crippen LogP contribution in [0.15, 0.2) is 67.1 Å². The molecule has 3 N–H and O–H groups in total. The number of fused-ring (bicyclic) bond motifs is 2. The van der Waals surface area contributed by atoms with E-state index >= 15 is 0 Å². The number of halogens is 1. The van der Waals surface area contributed by atoms with E-state index in [0.29, 0.717) is 11.4 Å². The fraction of sp³-hybridized carbons (Fsp3) is 0. The van der Waals surface area contributed by atoms with Crippen molar-refractivity contribution in [2.45, 2.75) is 0 Å². The molecular weight excluding hydrogens is 381 g/mol. The lowest BCUT2D eigenvalue weighted by atomic mass is 10.1. The van der Waals surface area contributed by atoms with Crippen molar-refractivity contribution in [2.24, 2.45) is 0 Å². The highest BCUT2D eigenvalue weighted by Crippen LogP contribution is 2.33. The van der Waals surface area contributed by atoms with Crippen LogP contribution in [0.3, 0.4) is 0 Å². The molecule has 0 saturated carbocycles. The molecule has 0 bridgehead atoms. The third-order valence-electron chi connectivity index (χ3n) is 5.10. The second-order valence-electron chi connectivity index (χ2n) is 6.97. The van der Waals surface area contributed by atoms with Gasteiger partial charge in [0.1, 0.15) is 17.0 Å². The van der Waals surface area contributed by atoms with Crippen molar-refractivity contribution in [3.63, 3.8) is 0 Å². The van der Waals surface area contributed by atoms with Crippen LogP contribution in [0, 0.1) is 5.82 Å². The van der Waals surface area contributed by atoms with Gasteiger partial charge in [-0.2, -0.15) is 10.2 Å². The average Bonchev–Trinajstić information content (AvgIpc) is 3.51. The van der Waals surface area contributed by atoms with Gasteiger partial charge in [0.2, 0.25) is 0 Å². The second-order valence-corrected chi connectivity index (χ2v) is 6.97. The number of hydrogen-bond donors (Lipinski definition) is 3. The van der Waals surface area contributed by atoms with Crippen LogP contribution in [-0.4, -0.2) is 35.3 Å². The number of nitrogens with one attached hydrogen (secondary N) is 3. The molecule has 6 aromatic rings. The van der Waals surface area contributed by atoms with E-state index in [0.717, 1.165) is 44.5 Å². The molecule has 5 aromatic heterocycles. The van der Waals surface area contributed by atoms with Crippen LogP contribution in [0.2, 0.25) is 0 Å². The molecule has 0 fully saturated rings. The first-order chi connectivity index (χ1) is 14.8. The van der Waals surface area contributed by atoms with Gasteiger partial charge in [0.15, 0.2) is 0 Å². The summed E-state index contributed by atoms with van der Waals surface area (Å²) in [6, 6.07) is 14.2. The normalized spacial score (nSPS) is 11.5. The summed E-state index contributed by atoms with van der Waals surface area (Å²) >= 11 is 0. The third kappa shape index (κ3) is 2.58. The van der Waals surface area contributed by atoms with Gasteiger partial charge in [-0.3, -0.25) is 15.2 Å². The third-order valence-corrected chi connectivity index (χ3v) is 5.10. The van der Waals surface area contributed by atoms with Crippen LogP contribution in [0.1, 0.15) is 0 Å². The second kappa shape index (κ2) is 6.35. The van der Waals surface area contributed by atoms with Crippen LogP contribution >= 0.6 is 0 Å². The maximum atomic E-state index is 13.7. The molecule has 6 rings (SSSR count). The Morgan fingerprint density at radius 3 is 2.73 bits per heavy atom. The number of nitrogens with zero attached hydrogens (tertiary/aromatic N) is 4. The summed E-state index contributed by atoms with van der Waals surface area (Å²) in [6.45, 7) is 0. The number of hydrogen-bond acceptors (Lipinski definition) is 4. The van der Waals surface area contributed by atoms with E-state index in [9.17, 15) is 4.39 Å². The van der Waals surface area contributed by atoms with Crippen LogP contribution in [0.5, 0.6) is 0 Å². The fourth-order valence-corrected chi connectivity index (χ4v) is 3.69. The van der Waals surface area contributed by atoms with Gasteiger partial charge >= 0.3 is 0 Å². The van der Waals surface area contributed by atoms with Gasteiger partial charge in [0.05, 0.1) is 28.8 Å². The molecule has 30 heavy (non-hydrogen) atoms. The first kappa shape index (κ1) is 16.6. The number of H-pyrrole nitrogens is 3. The first-order valence-electron chi connectivity index (χ1n) is 9.34. The van der Waals surface area contributed by atoms with Gasteiger partial charge in [0.25, 0.3) is 0 Å². The summed E-state index contributed by atoms with van der Waals surface area (Å²) in [5, 5.41) is 15.2. The Hall–Kier alpha value is -4.33. The zero-order valence-corrected chi connectivity index (χ0v) is 15.5. The molecule has 0 amide bonds. The lowest BCUT2D eigenvalue weighted by Gasteiger charge is -2.02. The van der Waals surface area contributed by atoms with E-state index in [1.807, 2.05) is 30.3 Å². The Balaban J connectivity index is 1.53. The Morgan fingerprint density at radius 2 is 1.87 bits per heavy atom. The highest BCUT2D eigenvalue weighted by molar-refractivity contribution is 5.99. The molecule has 0 unspecified atom stereocenters. The van der Waals surface area contributed by atoms with Gasteiger partial charge in [0, 0.05) is 34.4 Å². The number of benzene rings is 1. The van der Waals surface area contributed by atoms with Gasteiger partial charge in [-0.15, -0.1) is 0 Å². The van der Waals surface area contributed by atoms with Crippen LogP contribution in [0.25, 0.3) is 55.8 Å². The number of pyridine rings is 2. The van der Waals surface area contributed by atoms with Gasteiger partial charge in [-0.25, -0.2) is 9.37 Å². The average molecular weight is 395 g/mol. The number of aromatic amines is 3. The minimum absolute atomic E-state index is 0.295. The quantitative estimate of drug-likeness (QED) is 0.404. The monoisotopic (exact) mass is 395 g/mol. The van der Waals surface area contributed by atoms with Crippen LogP contribution in [0.4, 0.5) is 4.39 Å². The van der Waals surface area contributed by atoms with E-state index in [2.05, 4.69) is 30.4 Å². The predicted octanol–water partition coefficient (Wildman–Crippen LogP) is 4.70. The number of aromatic nitrogens is 7. The van der Waals surface area contributed by atoms with E-state index in [1.54, 1.807) is 24.7 Å². The summed E-state index contributed by atoms with van der Waals surface area (Å²) in [5.74, 6) is -0.295. The molecule has 0 atom stereocenters. The minimum Gasteiger partial charge on any atom is -0.353 e. The van der Waals surface area contributed by atoms with Crippen molar-refractivity contribution in [1.29, 1.82) is 0 Å². The predicted molar refractivity (Wildman–Crippen MR) is 112 cm³/mol. The molecule has 0 radical (unpaired) electrons. The maximum Gasteiger partial charge on any atom is 0.135 e. The zero-order chi connectivity index (χ0) is 20.1. The van der Waals surface area contributed by atoms with Crippen molar-refractivity contribution in [3.05, 3.63) is 72.9 Å². The largest absolute Gasteiger partial charge is 0.353 e. The maximum absolute atomic E-state index is 13.7. The highest BCUT2D eigenvalue weighted by atomic mass is 19.1. The van der Waals surface area contributed by atoms with Gasteiger partial charge < -0.3 is 4.98 Å². The SMILES string of the molecule is Fc1cccc(-c2nccc3[nH]c(-c4n[nH]c5ccc(-c6cn[nH]c6)nc45)cc23)c1. The Labute approximate surface area is 169 Å². The molecular formula is C22H14FN7. The molecule has 0 aliphatic heterocycles. The summed E-state index contributed by atoms with van der Waals surface area (Å²) in [7, 11) is 0. The summed E-state index contributed by atoms with van der Waals surface area (Å²) in [4.78, 5) is 12.7. The molecule has 0 spiro atoms. The zero-order valence-electron chi connectivity index (χ0n) is 15.5. The molecule has 144 valence electrons. The first-order valence-corrected chi connectivity index (χ1v) is 9.34. The summed E-state index contributed by atoms with van der Waals surface area (Å²) in [5.41, 5.74) is 7.12.